The summed E-state index contributed by atoms with van der Waals surface area (Å²) in [6.07, 6.45) is 17.3. The SMILES string of the molecule is BrB(Br)Br.C.C.C=CC(=O)Cl.C=CC(=O)N1CCN(c2ncnc3cc(-c4ccccc4F)c(O)cc23)CC1.C=CC(=O)N1CCN(c2ncnc3cc(-c4ccccc4F)c(OC)cc23)CC1.CCN(CC)CC.COc1cc2c(N3CCCCC3)ncnc2cc1-c1ccccc1F.COc1cc2c(N3CCCCC3)ncnc2cc1Br.OB(O)c1ccccc1F. The van der Waals surface area contributed by atoms with E-state index in [1.54, 1.807) is 104 Å². The summed E-state index contributed by atoms with van der Waals surface area (Å²) in [4.78, 5) is 83.1. The summed E-state index contributed by atoms with van der Waals surface area (Å²) in [6.45, 7) is 29.3. The maximum absolute atomic E-state index is 14.4. The number of phenols is 1. The predicted octanol–water partition coefficient (Wildman–Crippen LogP) is 19.3. The Morgan fingerprint density at radius 2 is 0.721 bits per heavy atom. The topological polar surface area (TPSA) is 265 Å². The molecule has 8 aromatic carbocycles. The molecule has 2 amide bonds. The summed E-state index contributed by atoms with van der Waals surface area (Å²) in [6, 6.07) is 39.9. The van der Waals surface area contributed by atoms with Gasteiger partial charge in [-0.15, -0.1) is 47.3 Å². The third-order valence-electron chi connectivity index (χ3n) is 21.1. The van der Waals surface area contributed by atoms with Crippen LogP contribution in [0.4, 0.5) is 40.8 Å². The minimum atomic E-state index is -1.72. The molecule has 0 unspecified atom stereocenters. The number of methoxy groups -OCH3 is 3. The van der Waals surface area contributed by atoms with Gasteiger partial charge in [-0.25, -0.2) is 57.4 Å². The average Bonchev–Trinajstić information content (AvgIpc) is 0.771. The number of allylic oxidation sites excluding steroid dienone is 1. The Balaban J connectivity index is 0.000000215. The second kappa shape index (κ2) is 53.4. The molecule has 8 heterocycles. The maximum atomic E-state index is 14.4. The lowest BCUT2D eigenvalue weighted by Gasteiger charge is -2.35. The number of nitrogens with zero attached hydrogens (tertiary/aromatic N) is 15. The number of benzene rings is 8. The van der Waals surface area contributed by atoms with Gasteiger partial charge in [-0.2, -0.15) is 0 Å². The molecule has 4 fully saturated rings. The molecule has 4 aliphatic heterocycles. The van der Waals surface area contributed by atoms with Crippen LogP contribution in [0.3, 0.4) is 0 Å². The van der Waals surface area contributed by atoms with Crippen LogP contribution in [0.25, 0.3) is 77.0 Å². The van der Waals surface area contributed by atoms with Gasteiger partial charge in [0.2, 0.25) is 17.1 Å². The van der Waals surface area contributed by atoms with Crippen molar-refractivity contribution in [3.8, 4) is 56.4 Å². The number of carbonyl (C=O) groups is 3. The lowest BCUT2D eigenvalue weighted by Crippen LogP contribution is -2.48. The quantitative estimate of drug-likeness (QED) is 0.0331. The number of rotatable bonds is 17. The molecule has 24 nitrogen and oxygen atoms in total. The number of aromatic hydroxyl groups is 1. The first-order valence-corrected chi connectivity index (χ1v) is 45.0. The third kappa shape index (κ3) is 29.1. The molecule has 16 rings (SSSR count). The van der Waals surface area contributed by atoms with E-state index in [2.05, 4.69) is 168 Å². The smallest absolute Gasteiger partial charge is 0.491 e. The largest absolute Gasteiger partial charge is 0.507 e. The molecule has 0 radical (unpaired) electrons. The van der Waals surface area contributed by atoms with Gasteiger partial charge in [-0.3, -0.25) is 14.4 Å². The minimum absolute atomic E-state index is 0. The highest BCUT2D eigenvalue weighted by Gasteiger charge is 2.27. The zero-order valence-electron chi connectivity index (χ0n) is 71.4. The molecule has 129 heavy (non-hydrogen) atoms. The van der Waals surface area contributed by atoms with Crippen LogP contribution in [0.1, 0.15) is 74.1 Å². The van der Waals surface area contributed by atoms with Gasteiger partial charge in [-0.05, 0) is 177 Å². The number of fused-ring (bicyclic) bond motifs is 4. The number of carbonyl (C=O) groups excluding carboxylic acids is 3. The van der Waals surface area contributed by atoms with Crippen molar-refractivity contribution < 1.29 is 61.3 Å². The van der Waals surface area contributed by atoms with Crippen molar-refractivity contribution in [3.05, 3.63) is 237 Å². The fourth-order valence-corrected chi connectivity index (χ4v) is 15.0. The number of phenolic OH excluding ortho intramolecular Hbond substituents is 1. The Morgan fingerprint density at radius 3 is 1.02 bits per heavy atom. The molecule has 0 spiro atoms. The Morgan fingerprint density at radius 1 is 0.426 bits per heavy atom. The number of anilines is 4. The number of piperazine rings is 2. The molecular weight excluding hydrogens is 1940 g/mol. The number of hydrogen-bond donors (Lipinski definition) is 3. The van der Waals surface area contributed by atoms with Crippen LogP contribution in [0.5, 0.6) is 23.0 Å². The number of aromatic nitrogens is 8. The molecule has 4 aromatic heterocycles. The molecule has 4 aliphatic rings. The van der Waals surface area contributed by atoms with Crippen LogP contribution in [-0.2, 0) is 14.4 Å². The molecule has 682 valence electrons. The van der Waals surface area contributed by atoms with Crippen molar-refractivity contribution in [1.82, 2.24) is 54.6 Å². The highest BCUT2D eigenvalue weighted by Crippen LogP contribution is 2.42. The molecule has 0 bridgehead atoms. The molecule has 3 N–H and O–H groups in total. The van der Waals surface area contributed by atoms with Gasteiger partial charge >= 0.3 is 10.3 Å². The van der Waals surface area contributed by atoms with E-state index < -0.39 is 24.0 Å². The van der Waals surface area contributed by atoms with E-state index in [1.807, 2.05) is 42.5 Å². The van der Waals surface area contributed by atoms with Gasteiger partial charge in [0.1, 0.15) is 94.8 Å². The van der Waals surface area contributed by atoms with Gasteiger partial charge < -0.3 is 63.7 Å². The summed E-state index contributed by atoms with van der Waals surface area (Å²) >= 11 is 17.5. The summed E-state index contributed by atoms with van der Waals surface area (Å²) in [5, 5.41) is 30.6. The van der Waals surface area contributed by atoms with Crippen LogP contribution >= 0.6 is 74.8 Å². The van der Waals surface area contributed by atoms with Gasteiger partial charge in [-0.1, -0.05) is 128 Å². The lowest BCUT2D eigenvalue weighted by atomic mass is 9.80. The molecule has 0 saturated carbocycles. The van der Waals surface area contributed by atoms with E-state index in [4.69, 9.17) is 35.9 Å². The van der Waals surface area contributed by atoms with Crippen molar-refractivity contribution in [2.24, 2.45) is 0 Å². The zero-order valence-corrected chi connectivity index (χ0v) is 78.5. The number of ether oxygens (including phenoxy) is 3. The number of piperidine rings is 2. The van der Waals surface area contributed by atoms with Gasteiger partial charge in [0, 0.05) is 139 Å². The molecule has 0 aliphatic carbocycles. The number of amides is 2. The van der Waals surface area contributed by atoms with E-state index in [-0.39, 0.29) is 52.7 Å². The van der Waals surface area contributed by atoms with Crippen molar-refractivity contribution in [1.29, 1.82) is 0 Å². The Hall–Kier alpha value is -10.7. The summed E-state index contributed by atoms with van der Waals surface area (Å²) in [5.41, 5.74) is 6.00. The van der Waals surface area contributed by atoms with E-state index >= 15 is 0 Å². The lowest BCUT2D eigenvalue weighted by molar-refractivity contribution is -0.127. The molecular formula is C94H108B2Br4ClF4N15O9. The zero-order chi connectivity index (χ0) is 91.6. The first-order chi connectivity index (χ1) is 61.3. The first kappa shape index (κ1) is 105. The highest BCUT2D eigenvalue weighted by atomic mass is 79.9. The van der Waals surface area contributed by atoms with Gasteiger partial charge in [0.05, 0.1) is 47.9 Å². The van der Waals surface area contributed by atoms with Crippen LogP contribution in [0.15, 0.2) is 213 Å². The predicted molar refractivity (Wildman–Crippen MR) is 530 cm³/mol. The third-order valence-corrected chi connectivity index (χ3v) is 21.9. The fraction of sp³-hybridized carbons (Fsp3) is 0.309. The fourth-order valence-electron chi connectivity index (χ4n) is 14.5. The monoisotopic (exact) mass is 2040 g/mol. The first-order valence-electron chi connectivity index (χ1n) is 41.1. The highest BCUT2D eigenvalue weighted by molar-refractivity contribution is 9.69. The number of halogens is 9. The second-order valence-corrected chi connectivity index (χ2v) is 36.3. The Bertz CT molecular complexity index is 5700. The summed E-state index contributed by atoms with van der Waals surface area (Å²) in [5.74, 6) is 3.65. The molecule has 4 saturated heterocycles. The van der Waals surface area contributed by atoms with Crippen molar-refractivity contribution in [2.45, 2.75) is 74.1 Å². The van der Waals surface area contributed by atoms with E-state index in [1.165, 1.54) is 125 Å². The van der Waals surface area contributed by atoms with Crippen LogP contribution in [-0.4, -0.2) is 217 Å². The second-order valence-electron chi connectivity index (χ2n) is 28.7. The summed E-state index contributed by atoms with van der Waals surface area (Å²) in [7, 11) is 3.13. The van der Waals surface area contributed by atoms with Crippen LogP contribution in [0, 0.1) is 23.3 Å². The number of hydrogen-bond acceptors (Lipinski definition) is 22. The van der Waals surface area contributed by atoms with Crippen LogP contribution in [0.2, 0.25) is 0 Å². The Labute approximate surface area is 790 Å². The summed E-state index contributed by atoms with van der Waals surface area (Å²) < 4.78 is 73.0. The van der Waals surface area contributed by atoms with Gasteiger partial charge in [0.25, 0.3) is 0 Å². The standard InChI is InChI=1S/C22H21FN4O2.C21H19FN4O2.C20H20FN3O.C14H16BrN3O.C6H6BFO2.C6H15N.C3H3ClO.2CH4.BBr3/c1-3-21(28)26-8-10-27(11-9-26)22-17-13-20(29-2)16(12-19(17)24-14-25-22)15-6-4-5-7-18(15)23;1-2-20(28)25-7-9-26(10-8-25)21-16-12-19(27)15(11-18(16)23-13-24-21)14-5-3-4-6-17(14)22;1-25-19-12-16-18(11-15(19)14-7-3-4-8-17(14)21)22-13-23-20(16)24-9-5-2-6-10-24;1-19-13-7-10-12(8-11(13)15)16-9-17-14(10)18-5-3-2-4-6-18;8-6-4-2-1-3-5(6)7(9)10;1-4-7(5-2)6-3;1-2-3(4)5;;;2-1(3)4/h3-7,12-14H,1,8-11H2,2H3;2-6,11-13,27H,1,7-10H2;3-4,7-8,11-13H,2,5-6,9-10H2,1H3;7-9H,2-6H2,1H3;1-4,9-10H;4-6H2,1-3H3;2H,1H2;2*1H4;. The van der Waals surface area contributed by atoms with Gasteiger partial charge in [0.15, 0.2) is 0 Å². The average molecular weight is 2040 g/mol. The molecule has 35 heteroatoms. The van der Waals surface area contributed by atoms with E-state index in [0.29, 0.717) is 119 Å². The van der Waals surface area contributed by atoms with Crippen molar-refractivity contribution in [2.75, 3.05) is 139 Å². The van der Waals surface area contributed by atoms with E-state index in [9.17, 15) is 37.1 Å². The molecule has 12 aromatic rings. The van der Waals surface area contributed by atoms with Crippen molar-refractivity contribution in [3.63, 3.8) is 0 Å². The normalized spacial score (nSPS) is 13.2. The Kier molecular flexibility index (Phi) is 43.6. The minimum Gasteiger partial charge on any atom is -0.507 e. The van der Waals surface area contributed by atoms with Crippen molar-refractivity contribution >= 4 is 175 Å². The molecule has 0 atom stereocenters. The van der Waals surface area contributed by atoms with Crippen LogP contribution < -0.4 is 39.3 Å². The van der Waals surface area contributed by atoms with E-state index in [0.717, 1.165) is 87.1 Å². The maximum Gasteiger partial charge on any atom is 0.491 e.